The standard InChI is InChI=1S/C25H65NO9Si6/c1-17-24(40(27-19-3,28-20-4)29-21-5)26-25(18-2)41(30-22-6,31-23-7)35-39(15,16)34-38(13,14)33-37(11,12)32-36(8,9)10/h24-26H,17-23H2,1-16H3. The summed E-state index contributed by atoms with van der Waals surface area (Å²) in [5, 5.41) is 3.82. The highest BCUT2D eigenvalue weighted by Gasteiger charge is 2.58. The van der Waals surface area contributed by atoms with E-state index in [4.69, 9.17) is 38.6 Å². The van der Waals surface area contributed by atoms with E-state index in [9.17, 15) is 0 Å². The number of hydrogen-bond donors (Lipinski definition) is 1. The van der Waals surface area contributed by atoms with Gasteiger partial charge in [-0.05, 0) is 106 Å². The fourth-order valence-electron chi connectivity index (χ4n) is 5.31. The Morgan fingerprint density at radius 3 is 1.02 bits per heavy atom. The van der Waals surface area contributed by atoms with Crippen LogP contribution in [0.15, 0.2) is 0 Å². The van der Waals surface area contributed by atoms with Gasteiger partial charge in [-0.1, -0.05) is 13.8 Å². The molecular weight excluding hydrogens is 627 g/mol. The van der Waals surface area contributed by atoms with Gasteiger partial charge >= 0.3 is 43.3 Å². The first-order valence-electron chi connectivity index (χ1n) is 15.5. The fourth-order valence-corrected chi connectivity index (χ4v) is 31.4. The Bertz CT molecular complexity index is 705. The van der Waals surface area contributed by atoms with Crippen molar-refractivity contribution in [2.24, 2.45) is 0 Å². The van der Waals surface area contributed by atoms with Crippen LogP contribution in [0.4, 0.5) is 0 Å². The maximum absolute atomic E-state index is 7.03. The van der Waals surface area contributed by atoms with Gasteiger partial charge < -0.3 is 43.9 Å². The molecule has 0 aromatic rings. The van der Waals surface area contributed by atoms with E-state index in [2.05, 4.69) is 78.1 Å². The molecule has 1 N–H and O–H groups in total. The predicted octanol–water partition coefficient (Wildman–Crippen LogP) is 6.28. The van der Waals surface area contributed by atoms with Gasteiger partial charge in [-0.25, -0.2) is 0 Å². The lowest BCUT2D eigenvalue weighted by Gasteiger charge is -2.45. The Morgan fingerprint density at radius 1 is 0.415 bits per heavy atom. The molecule has 0 aliphatic rings. The summed E-state index contributed by atoms with van der Waals surface area (Å²) in [5.74, 6) is 0. The summed E-state index contributed by atoms with van der Waals surface area (Å²) in [6.07, 6.45) is 1.48. The van der Waals surface area contributed by atoms with Gasteiger partial charge in [-0.2, -0.15) is 0 Å². The molecule has 0 fully saturated rings. The molecule has 0 amide bonds. The topological polar surface area (TPSA) is 95.1 Å². The van der Waals surface area contributed by atoms with Crippen molar-refractivity contribution in [3.63, 3.8) is 0 Å². The van der Waals surface area contributed by atoms with Crippen molar-refractivity contribution in [3.8, 4) is 0 Å². The van der Waals surface area contributed by atoms with Crippen molar-refractivity contribution in [3.05, 3.63) is 0 Å². The summed E-state index contributed by atoms with van der Waals surface area (Å²) >= 11 is 0. The maximum Gasteiger partial charge on any atom is 0.518 e. The third-order valence-corrected chi connectivity index (χ3v) is 27.4. The molecule has 0 aliphatic carbocycles. The minimum atomic E-state index is -3.35. The number of hydrogen-bond acceptors (Lipinski definition) is 10. The van der Waals surface area contributed by atoms with Crippen molar-refractivity contribution >= 4 is 51.6 Å². The van der Waals surface area contributed by atoms with Crippen molar-refractivity contribution in [1.82, 2.24) is 5.32 Å². The molecular formula is C25H65NO9Si6. The summed E-state index contributed by atoms with van der Waals surface area (Å²) < 4.78 is 58.9. The lowest BCUT2D eigenvalue weighted by Crippen LogP contribution is -2.72. The molecule has 10 nitrogen and oxygen atoms in total. The van der Waals surface area contributed by atoms with Crippen LogP contribution in [0.3, 0.4) is 0 Å². The van der Waals surface area contributed by atoms with Gasteiger partial charge in [0, 0.05) is 33.0 Å². The highest BCUT2D eigenvalue weighted by atomic mass is 28.5. The summed E-state index contributed by atoms with van der Waals surface area (Å²) in [6, 6.07) is 0. The zero-order valence-electron chi connectivity index (χ0n) is 29.3. The van der Waals surface area contributed by atoms with E-state index in [1.54, 1.807) is 0 Å². The summed E-state index contributed by atoms with van der Waals surface area (Å²) in [5.41, 5.74) is -0.378. The predicted molar refractivity (Wildman–Crippen MR) is 181 cm³/mol. The average Bonchev–Trinajstić information content (AvgIpc) is 2.76. The lowest BCUT2D eigenvalue weighted by molar-refractivity contribution is 0.0521. The largest absolute Gasteiger partial charge is 0.518 e. The van der Waals surface area contributed by atoms with Crippen LogP contribution in [-0.4, -0.2) is 96.0 Å². The molecule has 0 spiro atoms. The smallest absolute Gasteiger partial charge is 0.437 e. The molecule has 0 aliphatic heterocycles. The third-order valence-electron chi connectivity index (χ3n) is 5.72. The van der Waals surface area contributed by atoms with Crippen LogP contribution < -0.4 is 5.32 Å². The molecule has 16 heteroatoms. The quantitative estimate of drug-likeness (QED) is 0.117. The van der Waals surface area contributed by atoms with Gasteiger partial charge in [0.15, 0.2) is 8.32 Å². The van der Waals surface area contributed by atoms with Crippen LogP contribution in [0, 0.1) is 0 Å². The van der Waals surface area contributed by atoms with Crippen molar-refractivity contribution in [2.75, 3.05) is 33.0 Å². The summed E-state index contributed by atoms with van der Waals surface area (Å²) in [4.78, 5) is 0. The van der Waals surface area contributed by atoms with E-state index in [0.29, 0.717) is 33.0 Å². The Labute approximate surface area is 259 Å². The molecule has 0 radical (unpaired) electrons. The second kappa shape index (κ2) is 18.1. The van der Waals surface area contributed by atoms with Crippen LogP contribution in [0.2, 0.25) is 58.9 Å². The van der Waals surface area contributed by atoms with E-state index >= 15 is 0 Å². The van der Waals surface area contributed by atoms with Gasteiger partial charge in [-0.3, -0.25) is 0 Å². The van der Waals surface area contributed by atoms with Gasteiger partial charge in [0.1, 0.15) is 0 Å². The first kappa shape index (κ1) is 41.9. The maximum atomic E-state index is 7.03. The number of nitrogens with one attached hydrogen (secondary N) is 1. The second-order valence-electron chi connectivity index (χ2n) is 12.2. The van der Waals surface area contributed by atoms with Gasteiger partial charge in [0.25, 0.3) is 0 Å². The van der Waals surface area contributed by atoms with E-state index in [1.165, 1.54) is 0 Å². The van der Waals surface area contributed by atoms with Crippen molar-refractivity contribution < 1.29 is 38.6 Å². The lowest BCUT2D eigenvalue weighted by atomic mass is 10.4. The summed E-state index contributed by atoms with van der Waals surface area (Å²) in [6.45, 7) is 35.6. The van der Waals surface area contributed by atoms with E-state index < -0.39 is 51.6 Å². The zero-order valence-corrected chi connectivity index (χ0v) is 35.3. The molecule has 2 atom stereocenters. The third kappa shape index (κ3) is 14.7. The normalized spacial score (nSPS) is 15.8. The molecule has 0 heterocycles. The minimum Gasteiger partial charge on any atom is -0.437 e. The number of rotatable bonds is 24. The Morgan fingerprint density at radius 2 is 0.707 bits per heavy atom. The van der Waals surface area contributed by atoms with Crippen LogP contribution in [0.25, 0.3) is 0 Å². The average molecular weight is 692 g/mol. The zero-order chi connectivity index (χ0) is 32.2. The van der Waals surface area contributed by atoms with Crippen LogP contribution in [-0.2, 0) is 38.6 Å². The van der Waals surface area contributed by atoms with E-state index in [1.807, 2.05) is 34.6 Å². The van der Waals surface area contributed by atoms with Crippen LogP contribution >= 0.6 is 0 Å². The van der Waals surface area contributed by atoms with Gasteiger partial charge in [0.05, 0.1) is 11.3 Å². The molecule has 0 bridgehead atoms. The highest BCUT2D eigenvalue weighted by molar-refractivity contribution is 6.89. The molecule has 0 saturated carbocycles. The van der Waals surface area contributed by atoms with E-state index in [-0.39, 0.29) is 11.3 Å². The van der Waals surface area contributed by atoms with Crippen molar-refractivity contribution in [2.45, 2.75) is 132 Å². The Kier molecular flexibility index (Phi) is 18.5. The first-order chi connectivity index (χ1) is 18.8. The second-order valence-corrected chi connectivity index (χ2v) is 33.3. The van der Waals surface area contributed by atoms with Crippen LogP contribution in [0.1, 0.15) is 61.3 Å². The molecule has 0 aromatic heterocycles. The monoisotopic (exact) mass is 691 g/mol. The van der Waals surface area contributed by atoms with Gasteiger partial charge in [-0.15, -0.1) is 0 Å². The molecule has 0 saturated heterocycles. The fraction of sp³-hybridized carbons (Fsp3) is 1.00. The first-order valence-corrected chi connectivity index (χ1v) is 31.0. The van der Waals surface area contributed by atoms with Crippen LogP contribution in [0.5, 0.6) is 0 Å². The SMILES string of the molecule is CCO[Si](OCC)(OCC)C(CC)NC(CC)[Si](OCC)(OCC)O[Si](C)(C)O[Si](C)(C)O[Si](C)(C)O[Si](C)(C)C. The Balaban J connectivity index is 6.39. The minimum absolute atomic E-state index is 0.158. The molecule has 248 valence electrons. The Hall–Kier alpha value is 0.901. The van der Waals surface area contributed by atoms with Crippen molar-refractivity contribution in [1.29, 1.82) is 0 Å². The van der Waals surface area contributed by atoms with E-state index in [0.717, 1.165) is 12.8 Å². The highest BCUT2D eigenvalue weighted by Crippen LogP contribution is 2.30. The molecule has 0 rings (SSSR count). The molecule has 0 aromatic carbocycles. The summed E-state index contributed by atoms with van der Waals surface area (Å²) in [7, 11) is -16.1. The molecule has 41 heavy (non-hydrogen) atoms. The van der Waals surface area contributed by atoms with Gasteiger partial charge in [0.2, 0.25) is 0 Å². The molecule has 2 unspecified atom stereocenters.